The van der Waals surface area contributed by atoms with Crippen LogP contribution in [0.25, 0.3) is 17.1 Å². The molecule has 0 aliphatic rings. The smallest absolute Gasteiger partial charge is 0.188 e. The van der Waals surface area contributed by atoms with Gasteiger partial charge in [-0.2, -0.15) is 4.68 Å². The maximum Gasteiger partial charge on any atom is 0.188 e. The first-order valence-electron chi connectivity index (χ1n) is 5.86. The van der Waals surface area contributed by atoms with E-state index in [0.717, 1.165) is 20.2 Å². The molecule has 0 radical (unpaired) electrons. The average molecular weight is 430 g/mol. The summed E-state index contributed by atoms with van der Waals surface area (Å²) in [5, 5.41) is 12.5. The lowest BCUT2D eigenvalue weighted by Crippen LogP contribution is -2.02. The van der Waals surface area contributed by atoms with Crippen molar-refractivity contribution in [3.63, 3.8) is 0 Å². The zero-order valence-corrected chi connectivity index (χ0v) is 14.4. The first kappa shape index (κ1) is 14.5. The highest BCUT2D eigenvalue weighted by Gasteiger charge is 2.16. The summed E-state index contributed by atoms with van der Waals surface area (Å²) >= 11 is 12.9. The third-order valence-corrected chi connectivity index (χ3v) is 4.63. The Labute approximate surface area is 142 Å². The minimum absolute atomic E-state index is 0.581. The summed E-state index contributed by atoms with van der Waals surface area (Å²) in [6.45, 7) is 0. The molecule has 0 fully saturated rings. The van der Waals surface area contributed by atoms with E-state index in [2.05, 4.69) is 47.4 Å². The van der Waals surface area contributed by atoms with Gasteiger partial charge in [-0.1, -0.05) is 17.7 Å². The van der Waals surface area contributed by atoms with Crippen molar-refractivity contribution < 1.29 is 0 Å². The number of tetrazole rings is 1. The first-order chi connectivity index (χ1) is 10.1. The zero-order chi connectivity index (χ0) is 15.0. The number of benzene rings is 2. The maximum absolute atomic E-state index is 5.97. The van der Waals surface area contributed by atoms with E-state index in [1.807, 2.05) is 18.2 Å². The number of halogens is 3. The van der Waals surface area contributed by atoms with E-state index in [0.29, 0.717) is 16.5 Å². The monoisotopic (exact) mass is 427 g/mol. The molecule has 0 unspecified atom stereocenters. The Bertz CT molecular complexity index is 818. The van der Waals surface area contributed by atoms with Crippen molar-refractivity contribution in [1.82, 2.24) is 20.2 Å². The minimum atomic E-state index is 0.581. The highest BCUT2D eigenvalue weighted by Crippen LogP contribution is 2.33. The van der Waals surface area contributed by atoms with E-state index < -0.39 is 0 Å². The Morgan fingerprint density at radius 1 is 1.14 bits per heavy atom. The van der Waals surface area contributed by atoms with E-state index in [1.165, 1.54) is 0 Å². The normalized spacial score (nSPS) is 10.8. The van der Waals surface area contributed by atoms with Gasteiger partial charge in [0, 0.05) is 20.7 Å². The Balaban J connectivity index is 2.20. The summed E-state index contributed by atoms with van der Waals surface area (Å²) in [5.74, 6) is 0.581. The fourth-order valence-electron chi connectivity index (χ4n) is 1.89. The predicted octanol–water partition coefficient (Wildman–Crippen LogP) is 4.09. The molecular weight excluding hydrogens is 421 g/mol. The molecule has 1 aromatic heterocycles. The van der Waals surface area contributed by atoms with Crippen molar-refractivity contribution in [3.8, 4) is 17.1 Å². The number of aromatic nitrogens is 4. The van der Waals surface area contributed by atoms with Crippen LogP contribution in [0, 0.1) is 0 Å². The Morgan fingerprint density at radius 3 is 2.71 bits per heavy atom. The topological polar surface area (TPSA) is 69.6 Å². The Hall–Kier alpha value is -1.44. The van der Waals surface area contributed by atoms with Gasteiger partial charge in [-0.3, -0.25) is 0 Å². The fraction of sp³-hybridized carbons (Fsp3) is 0. The van der Waals surface area contributed by atoms with Crippen LogP contribution in [0.4, 0.5) is 5.69 Å². The molecule has 0 amide bonds. The molecule has 0 saturated heterocycles. The van der Waals surface area contributed by atoms with Crippen molar-refractivity contribution in [2.45, 2.75) is 0 Å². The van der Waals surface area contributed by atoms with Crippen LogP contribution < -0.4 is 5.73 Å². The summed E-state index contributed by atoms with van der Waals surface area (Å²) in [5.41, 5.74) is 8.13. The van der Waals surface area contributed by atoms with E-state index in [-0.39, 0.29) is 0 Å². The van der Waals surface area contributed by atoms with Gasteiger partial charge in [0.15, 0.2) is 5.82 Å². The van der Waals surface area contributed by atoms with Gasteiger partial charge in [-0.25, -0.2) is 0 Å². The van der Waals surface area contributed by atoms with E-state index in [9.17, 15) is 0 Å². The van der Waals surface area contributed by atoms with Gasteiger partial charge in [0.1, 0.15) is 0 Å². The Kier molecular flexibility index (Phi) is 3.97. The van der Waals surface area contributed by atoms with Gasteiger partial charge in [0.25, 0.3) is 0 Å². The van der Waals surface area contributed by atoms with Gasteiger partial charge in [0.2, 0.25) is 0 Å². The van der Waals surface area contributed by atoms with E-state index >= 15 is 0 Å². The van der Waals surface area contributed by atoms with E-state index in [1.54, 1.807) is 22.9 Å². The molecule has 0 spiro atoms. The van der Waals surface area contributed by atoms with Crippen molar-refractivity contribution in [3.05, 3.63) is 50.4 Å². The van der Waals surface area contributed by atoms with Crippen LogP contribution in [0.2, 0.25) is 5.02 Å². The lowest BCUT2D eigenvalue weighted by Gasteiger charge is -2.09. The summed E-state index contributed by atoms with van der Waals surface area (Å²) in [4.78, 5) is 0. The predicted molar refractivity (Wildman–Crippen MR) is 89.4 cm³/mol. The Morgan fingerprint density at radius 2 is 1.95 bits per heavy atom. The van der Waals surface area contributed by atoms with Crippen LogP contribution in [0.15, 0.2) is 45.3 Å². The van der Waals surface area contributed by atoms with Crippen molar-refractivity contribution >= 4 is 49.1 Å². The second kappa shape index (κ2) is 5.75. The number of nitrogens with two attached hydrogens (primary N) is 1. The molecule has 1 heterocycles. The number of nitrogens with zero attached hydrogens (tertiary/aromatic N) is 4. The number of anilines is 1. The summed E-state index contributed by atoms with van der Waals surface area (Å²) in [6, 6.07) is 11.0. The standard InChI is InChI=1S/C13H8Br2ClN5/c14-9-6-7(16)4-5-11(9)21-13(18-19-20-21)8-2-1-3-10(17)12(8)15/h1-6H,17H2. The highest BCUT2D eigenvalue weighted by molar-refractivity contribution is 9.11. The molecule has 3 rings (SSSR count). The third kappa shape index (κ3) is 2.68. The van der Waals surface area contributed by atoms with Crippen LogP contribution >= 0.6 is 43.5 Å². The van der Waals surface area contributed by atoms with Crippen LogP contribution in [-0.2, 0) is 0 Å². The summed E-state index contributed by atoms with van der Waals surface area (Å²) in [7, 11) is 0. The average Bonchev–Trinajstić information content (AvgIpc) is 2.91. The molecule has 5 nitrogen and oxygen atoms in total. The van der Waals surface area contributed by atoms with Crippen LogP contribution in [-0.4, -0.2) is 20.2 Å². The van der Waals surface area contributed by atoms with E-state index in [4.69, 9.17) is 17.3 Å². The molecule has 0 atom stereocenters. The highest BCUT2D eigenvalue weighted by atomic mass is 79.9. The molecule has 8 heteroatoms. The molecule has 0 aliphatic carbocycles. The maximum atomic E-state index is 5.97. The van der Waals surface area contributed by atoms with Crippen LogP contribution in [0.1, 0.15) is 0 Å². The third-order valence-electron chi connectivity index (χ3n) is 2.88. The minimum Gasteiger partial charge on any atom is -0.398 e. The number of nitrogen functional groups attached to an aromatic ring is 1. The van der Waals surface area contributed by atoms with Crippen LogP contribution in [0.3, 0.4) is 0 Å². The van der Waals surface area contributed by atoms with Gasteiger partial charge < -0.3 is 5.73 Å². The SMILES string of the molecule is Nc1cccc(-c2nnnn2-c2ccc(Cl)cc2Br)c1Br. The first-order valence-corrected chi connectivity index (χ1v) is 7.82. The van der Waals surface area contributed by atoms with Crippen molar-refractivity contribution in [1.29, 1.82) is 0 Å². The molecule has 2 N–H and O–H groups in total. The molecule has 0 aliphatic heterocycles. The quantitative estimate of drug-likeness (QED) is 0.623. The lowest BCUT2D eigenvalue weighted by atomic mass is 10.2. The second-order valence-electron chi connectivity index (χ2n) is 4.22. The molecular formula is C13H8Br2ClN5. The zero-order valence-electron chi connectivity index (χ0n) is 10.5. The van der Waals surface area contributed by atoms with Gasteiger partial charge >= 0.3 is 0 Å². The fourth-order valence-corrected chi connectivity index (χ4v) is 3.19. The van der Waals surface area contributed by atoms with Gasteiger partial charge in [0.05, 0.1) is 10.2 Å². The number of hydrogen-bond donors (Lipinski definition) is 1. The van der Waals surface area contributed by atoms with Gasteiger partial charge in [-0.05, 0) is 72.6 Å². The lowest BCUT2D eigenvalue weighted by molar-refractivity contribution is 0.789. The van der Waals surface area contributed by atoms with Crippen molar-refractivity contribution in [2.24, 2.45) is 0 Å². The molecule has 0 saturated carbocycles. The number of rotatable bonds is 2. The second-order valence-corrected chi connectivity index (χ2v) is 6.30. The number of hydrogen-bond acceptors (Lipinski definition) is 4. The molecule has 21 heavy (non-hydrogen) atoms. The molecule has 3 aromatic rings. The largest absolute Gasteiger partial charge is 0.398 e. The van der Waals surface area contributed by atoms with Crippen LogP contribution in [0.5, 0.6) is 0 Å². The summed E-state index contributed by atoms with van der Waals surface area (Å²) < 4.78 is 3.18. The summed E-state index contributed by atoms with van der Waals surface area (Å²) in [6.07, 6.45) is 0. The molecule has 2 aromatic carbocycles. The van der Waals surface area contributed by atoms with Gasteiger partial charge in [-0.15, -0.1) is 5.10 Å². The molecule has 0 bridgehead atoms. The van der Waals surface area contributed by atoms with Crippen molar-refractivity contribution in [2.75, 3.05) is 5.73 Å². The molecule has 106 valence electrons.